The van der Waals surface area contributed by atoms with Gasteiger partial charge in [-0.1, -0.05) is 0 Å². The Labute approximate surface area is 106 Å². The molecule has 0 amide bonds. The SMILES string of the molecule is O=S(=O)(C1CC1)N1CCC(Oc2ncccn2)C1. The summed E-state index contributed by atoms with van der Waals surface area (Å²) >= 11 is 0. The van der Waals surface area contributed by atoms with Crippen LogP contribution in [0.4, 0.5) is 0 Å². The van der Waals surface area contributed by atoms with Crippen molar-refractivity contribution in [2.24, 2.45) is 0 Å². The summed E-state index contributed by atoms with van der Waals surface area (Å²) in [6.07, 6.45) is 5.37. The molecule has 1 saturated heterocycles. The fraction of sp³-hybridized carbons (Fsp3) is 0.636. The van der Waals surface area contributed by atoms with E-state index in [0.29, 0.717) is 25.5 Å². The Bertz CT molecular complexity index is 516. The first-order valence-electron chi connectivity index (χ1n) is 6.09. The van der Waals surface area contributed by atoms with Crippen molar-refractivity contribution in [1.82, 2.24) is 14.3 Å². The quantitative estimate of drug-likeness (QED) is 0.792. The van der Waals surface area contributed by atoms with Crippen molar-refractivity contribution >= 4 is 10.0 Å². The van der Waals surface area contributed by atoms with Crippen LogP contribution in [0.1, 0.15) is 19.3 Å². The third-order valence-electron chi connectivity index (χ3n) is 3.23. The summed E-state index contributed by atoms with van der Waals surface area (Å²) in [6, 6.07) is 2.03. The molecule has 1 unspecified atom stereocenters. The third-order valence-corrected chi connectivity index (χ3v) is 5.59. The molecule has 7 heteroatoms. The number of hydrogen-bond acceptors (Lipinski definition) is 5. The van der Waals surface area contributed by atoms with Crippen molar-refractivity contribution in [3.8, 4) is 6.01 Å². The molecular formula is C11H15N3O3S. The van der Waals surface area contributed by atoms with E-state index in [9.17, 15) is 8.42 Å². The highest BCUT2D eigenvalue weighted by Crippen LogP contribution is 2.33. The maximum Gasteiger partial charge on any atom is 0.316 e. The van der Waals surface area contributed by atoms with Crippen molar-refractivity contribution in [2.75, 3.05) is 13.1 Å². The number of rotatable bonds is 4. The van der Waals surface area contributed by atoms with Crippen LogP contribution in [0, 0.1) is 0 Å². The van der Waals surface area contributed by atoms with Crippen LogP contribution in [0.5, 0.6) is 6.01 Å². The average molecular weight is 269 g/mol. The number of sulfonamides is 1. The van der Waals surface area contributed by atoms with Crippen LogP contribution >= 0.6 is 0 Å². The van der Waals surface area contributed by atoms with Crippen molar-refractivity contribution in [3.05, 3.63) is 18.5 Å². The van der Waals surface area contributed by atoms with Crippen LogP contribution in [0.15, 0.2) is 18.5 Å². The Kier molecular flexibility index (Phi) is 2.95. The Balaban J connectivity index is 1.62. The van der Waals surface area contributed by atoms with Gasteiger partial charge >= 0.3 is 6.01 Å². The molecule has 18 heavy (non-hydrogen) atoms. The standard InChI is InChI=1S/C11H15N3O3S/c15-18(16,10-2-3-10)14-7-4-9(8-14)17-11-12-5-1-6-13-11/h1,5-6,9-10H,2-4,7-8H2. The average Bonchev–Trinajstić information content (AvgIpc) is 3.12. The zero-order valence-corrected chi connectivity index (χ0v) is 10.7. The van der Waals surface area contributed by atoms with Crippen molar-refractivity contribution in [2.45, 2.75) is 30.6 Å². The summed E-state index contributed by atoms with van der Waals surface area (Å²) in [5, 5.41) is -0.149. The fourth-order valence-electron chi connectivity index (χ4n) is 2.10. The summed E-state index contributed by atoms with van der Waals surface area (Å²) in [5.41, 5.74) is 0. The zero-order valence-electron chi connectivity index (χ0n) is 9.90. The highest BCUT2D eigenvalue weighted by molar-refractivity contribution is 7.90. The summed E-state index contributed by atoms with van der Waals surface area (Å²) < 4.78 is 31.2. The fourth-order valence-corrected chi connectivity index (χ4v) is 3.98. The molecule has 1 aromatic rings. The molecule has 1 saturated carbocycles. The molecule has 0 bridgehead atoms. The summed E-state index contributed by atoms with van der Waals surface area (Å²) in [6.45, 7) is 0.952. The second kappa shape index (κ2) is 4.47. The number of ether oxygens (including phenoxy) is 1. The van der Waals surface area contributed by atoms with Crippen LogP contribution in [0.25, 0.3) is 0 Å². The van der Waals surface area contributed by atoms with Gasteiger partial charge in [-0.05, 0) is 25.3 Å². The van der Waals surface area contributed by atoms with Gasteiger partial charge in [-0.3, -0.25) is 0 Å². The van der Waals surface area contributed by atoms with Gasteiger partial charge in [0.2, 0.25) is 10.0 Å². The molecule has 0 radical (unpaired) electrons. The summed E-state index contributed by atoms with van der Waals surface area (Å²) in [7, 11) is -3.08. The minimum absolute atomic E-state index is 0.138. The first-order chi connectivity index (χ1) is 8.66. The second-order valence-electron chi connectivity index (χ2n) is 4.66. The third kappa shape index (κ3) is 2.32. The minimum Gasteiger partial charge on any atom is -0.459 e. The van der Waals surface area contributed by atoms with Gasteiger partial charge < -0.3 is 4.74 Å². The van der Waals surface area contributed by atoms with Gasteiger partial charge in [0.15, 0.2) is 0 Å². The minimum atomic E-state index is -3.08. The lowest BCUT2D eigenvalue weighted by molar-refractivity contribution is 0.197. The van der Waals surface area contributed by atoms with Crippen LogP contribution < -0.4 is 4.74 Å². The molecule has 1 aromatic heterocycles. The highest BCUT2D eigenvalue weighted by Gasteiger charge is 2.43. The number of aromatic nitrogens is 2. The van der Waals surface area contributed by atoms with Gasteiger partial charge in [-0.2, -0.15) is 4.31 Å². The highest BCUT2D eigenvalue weighted by atomic mass is 32.2. The van der Waals surface area contributed by atoms with E-state index in [1.54, 1.807) is 18.5 Å². The molecule has 0 spiro atoms. The van der Waals surface area contributed by atoms with Gasteiger partial charge in [0.1, 0.15) is 6.10 Å². The van der Waals surface area contributed by atoms with E-state index in [4.69, 9.17) is 4.74 Å². The van der Waals surface area contributed by atoms with E-state index >= 15 is 0 Å². The monoisotopic (exact) mass is 269 g/mol. The van der Waals surface area contributed by atoms with Crippen LogP contribution in [0.2, 0.25) is 0 Å². The lowest BCUT2D eigenvalue weighted by atomic mass is 10.3. The van der Waals surface area contributed by atoms with Gasteiger partial charge in [0.05, 0.1) is 11.8 Å². The molecule has 1 aliphatic heterocycles. The molecule has 2 fully saturated rings. The molecule has 2 aliphatic rings. The lowest BCUT2D eigenvalue weighted by Crippen LogP contribution is -2.33. The van der Waals surface area contributed by atoms with E-state index in [2.05, 4.69) is 9.97 Å². The molecular weight excluding hydrogens is 254 g/mol. The first kappa shape index (κ1) is 11.9. The van der Waals surface area contributed by atoms with Crippen molar-refractivity contribution in [1.29, 1.82) is 0 Å². The molecule has 2 heterocycles. The summed E-state index contributed by atoms with van der Waals surface area (Å²) in [4.78, 5) is 7.95. The number of hydrogen-bond donors (Lipinski definition) is 0. The normalized spacial score (nSPS) is 25.2. The second-order valence-corrected chi connectivity index (χ2v) is 6.88. The first-order valence-corrected chi connectivity index (χ1v) is 7.59. The molecule has 3 rings (SSSR count). The zero-order chi connectivity index (χ0) is 12.6. The van der Waals surface area contributed by atoms with E-state index in [0.717, 1.165) is 12.8 Å². The predicted molar refractivity (Wildman–Crippen MR) is 64.6 cm³/mol. The van der Waals surface area contributed by atoms with Gasteiger partial charge in [-0.15, -0.1) is 0 Å². The molecule has 1 aliphatic carbocycles. The van der Waals surface area contributed by atoms with Crippen molar-refractivity contribution in [3.63, 3.8) is 0 Å². The molecule has 98 valence electrons. The largest absolute Gasteiger partial charge is 0.459 e. The van der Waals surface area contributed by atoms with E-state index in [-0.39, 0.29) is 11.4 Å². The van der Waals surface area contributed by atoms with Crippen LogP contribution in [-0.4, -0.2) is 47.1 Å². The van der Waals surface area contributed by atoms with E-state index in [1.807, 2.05) is 0 Å². The maximum atomic E-state index is 12.0. The maximum absolute atomic E-state index is 12.0. The van der Waals surface area contributed by atoms with Crippen molar-refractivity contribution < 1.29 is 13.2 Å². The predicted octanol–water partition coefficient (Wildman–Crippen LogP) is 0.422. The smallest absolute Gasteiger partial charge is 0.316 e. The van der Waals surface area contributed by atoms with E-state index < -0.39 is 10.0 Å². The topological polar surface area (TPSA) is 72.4 Å². The Hall–Kier alpha value is -1.21. The Morgan fingerprint density at radius 2 is 1.94 bits per heavy atom. The number of nitrogens with zero attached hydrogens (tertiary/aromatic N) is 3. The van der Waals surface area contributed by atoms with Gasteiger partial charge in [-0.25, -0.2) is 18.4 Å². The molecule has 1 atom stereocenters. The van der Waals surface area contributed by atoms with Crippen LogP contribution in [0.3, 0.4) is 0 Å². The Morgan fingerprint density at radius 1 is 1.22 bits per heavy atom. The van der Waals surface area contributed by atoms with Crippen LogP contribution in [-0.2, 0) is 10.0 Å². The molecule has 0 N–H and O–H groups in total. The Morgan fingerprint density at radius 3 is 2.61 bits per heavy atom. The van der Waals surface area contributed by atoms with Gasteiger partial charge in [0, 0.05) is 18.9 Å². The molecule has 6 nitrogen and oxygen atoms in total. The lowest BCUT2D eigenvalue weighted by Gasteiger charge is -2.16. The molecule has 0 aromatic carbocycles. The summed E-state index contributed by atoms with van der Waals surface area (Å²) in [5.74, 6) is 0. The van der Waals surface area contributed by atoms with E-state index in [1.165, 1.54) is 4.31 Å². The van der Waals surface area contributed by atoms with Gasteiger partial charge in [0.25, 0.3) is 0 Å².